The molecule has 4 aromatic carbocycles. The van der Waals surface area contributed by atoms with Gasteiger partial charge in [0.05, 0.1) is 5.69 Å². The molecule has 3 amide bonds. The summed E-state index contributed by atoms with van der Waals surface area (Å²) in [5, 5.41) is 5.51. The maximum Gasteiger partial charge on any atom is 0.275 e. The van der Waals surface area contributed by atoms with Gasteiger partial charge in [-0.3, -0.25) is 14.4 Å². The van der Waals surface area contributed by atoms with Crippen LogP contribution in [0, 0.1) is 0 Å². The molecule has 0 bridgehead atoms. The minimum atomic E-state index is -3.38. The maximum absolute atomic E-state index is 15.6. The Hall–Kier alpha value is -5.11. The smallest absolute Gasteiger partial charge is 0.275 e. The maximum atomic E-state index is 15.6. The van der Waals surface area contributed by atoms with Gasteiger partial charge < -0.3 is 15.5 Å². The molecule has 43 heavy (non-hydrogen) atoms. The fraction of sp³-hybridized carbons (Fsp3) is 0.171. The van der Waals surface area contributed by atoms with Gasteiger partial charge in [-0.1, -0.05) is 72.8 Å². The first kappa shape index (κ1) is 29.4. The normalized spacial score (nSPS) is 15.0. The third kappa shape index (κ3) is 6.38. The van der Waals surface area contributed by atoms with Crippen molar-refractivity contribution >= 4 is 34.7 Å². The molecule has 5 rings (SSSR count). The molecule has 0 fully saturated rings. The number of para-hydroxylation sites is 2. The Morgan fingerprint density at radius 1 is 0.814 bits per heavy atom. The van der Waals surface area contributed by atoms with Gasteiger partial charge in [0.2, 0.25) is 5.91 Å². The van der Waals surface area contributed by atoms with E-state index in [4.69, 9.17) is 0 Å². The quantitative estimate of drug-likeness (QED) is 0.237. The fourth-order valence-electron chi connectivity index (χ4n) is 5.19. The summed E-state index contributed by atoms with van der Waals surface area (Å²) in [6, 6.07) is 28.9. The Labute approximate surface area is 249 Å². The minimum Gasteiger partial charge on any atom is -0.350 e. The molecule has 218 valence electrons. The Kier molecular flexibility index (Phi) is 8.48. The van der Waals surface area contributed by atoms with Crippen LogP contribution < -0.4 is 15.5 Å². The predicted molar refractivity (Wildman–Crippen MR) is 165 cm³/mol. The largest absolute Gasteiger partial charge is 0.350 e. The van der Waals surface area contributed by atoms with Crippen LogP contribution in [0.1, 0.15) is 46.5 Å². The molecule has 0 atom stereocenters. The highest BCUT2D eigenvalue weighted by atomic mass is 19.3. The van der Waals surface area contributed by atoms with Gasteiger partial charge >= 0.3 is 0 Å². The molecule has 0 saturated heterocycles. The highest BCUT2D eigenvalue weighted by Crippen LogP contribution is 2.44. The number of nitrogens with one attached hydrogen (secondary N) is 2. The third-order valence-electron chi connectivity index (χ3n) is 7.11. The Morgan fingerprint density at radius 3 is 2.14 bits per heavy atom. The molecule has 6 nitrogen and oxygen atoms in total. The topological polar surface area (TPSA) is 78.5 Å². The van der Waals surface area contributed by atoms with Gasteiger partial charge in [-0.2, -0.15) is 0 Å². The zero-order valence-corrected chi connectivity index (χ0v) is 23.8. The van der Waals surface area contributed by atoms with Crippen molar-refractivity contribution in [1.29, 1.82) is 0 Å². The summed E-state index contributed by atoms with van der Waals surface area (Å²) in [7, 11) is 0. The van der Waals surface area contributed by atoms with Crippen molar-refractivity contribution in [1.82, 2.24) is 5.32 Å². The summed E-state index contributed by atoms with van der Waals surface area (Å²) in [6.45, 7) is 3.18. The lowest BCUT2D eigenvalue weighted by Gasteiger charge is -2.25. The van der Waals surface area contributed by atoms with Gasteiger partial charge in [-0.25, -0.2) is 8.78 Å². The predicted octanol–water partition coefficient (Wildman–Crippen LogP) is 7.20. The van der Waals surface area contributed by atoms with E-state index in [-0.39, 0.29) is 35.0 Å². The van der Waals surface area contributed by atoms with Crippen molar-refractivity contribution in [3.8, 4) is 11.1 Å². The molecule has 0 saturated carbocycles. The van der Waals surface area contributed by atoms with E-state index in [1.165, 1.54) is 11.0 Å². The van der Waals surface area contributed by atoms with Gasteiger partial charge in [-0.15, -0.1) is 0 Å². The molecule has 4 aromatic rings. The number of rotatable bonds is 6. The van der Waals surface area contributed by atoms with E-state index in [1.54, 1.807) is 98.8 Å². The van der Waals surface area contributed by atoms with Gasteiger partial charge in [-0.05, 0) is 49.7 Å². The first-order valence-electron chi connectivity index (χ1n) is 14.0. The lowest BCUT2D eigenvalue weighted by atomic mass is 9.92. The molecular formula is C35H31F2N3O3. The van der Waals surface area contributed by atoms with Crippen molar-refractivity contribution in [2.45, 2.75) is 32.2 Å². The van der Waals surface area contributed by atoms with Gasteiger partial charge in [0.15, 0.2) is 0 Å². The zero-order valence-electron chi connectivity index (χ0n) is 23.8. The molecule has 0 spiro atoms. The Balaban J connectivity index is 1.62. The summed E-state index contributed by atoms with van der Waals surface area (Å²) in [6.07, 6.45) is 0.236. The van der Waals surface area contributed by atoms with Crippen LogP contribution in [-0.4, -0.2) is 36.2 Å². The first-order valence-corrected chi connectivity index (χ1v) is 14.0. The SMILES string of the molecule is CC(C)NC(=O)C=C1c2ccccc2N(C(=O)c2cccc(C(=O)Nc3ccccc3)c2-c2ccccc2)CCC1(F)F. The van der Waals surface area contributed by atoms with E-state index >= 15 is 8.78 Å². The first-order chi connectivity index (χ1) is 20.7. The van der Waals surface area contributed by atoms with E-state index < -0.39 is 35.6 Å². The van der Waals surface area contributed by atoms with Gasteiger partial charge in [0, 0.05) is 58.6 Å². The lowest BCUT2D eigenvalue weighted by molar-refractivity contribution is -0.117. The Bertz CT molecular complexity index is 1690. The summed E-state index contributed by atoms with van der Waals surface area (Å²) in [4.78, 5) is 41.8. The summed E-state index contributed by atoms with van der Waals surface area (Å²) >= 11 is 0. The van der Waals surface area contributed by atoms with Crippen molar-refractivity contribution in [3.63, 3.8) is 0 Å². The van der Waals surface area contributed by atoms with Gasteiger partial charge in [0.1, 0.15) is 0 Å². The second kappa shape index (κ2) is 12.4. The van der Waals surface area contributed by atoms with Gasteiger partial charge in [0.25, 0.3) is 17.7 Å². The number of alkyl halides is 2. The molecule has 0 radical (unpaired) electrons. The average Bonchev–Trinajstić information content (AvgIpc) is 3.10. The van der Waals surface area contributed by atoms with E-state index in [1.807, 2.05) is 12.1 Å². The molecule has 1 aliphatic rings. The Morgan fingerprint density at radius 2 is 1.44 bits per heavy atom. The average molecular weight is 580 g/mol. The summed E-state index contributed by atoms with van der Waals surface area (Å²) in [5.74, 6) is -4.96. The molecule has 0 unspecified atom stereocenters. The van der Waals surface area contributed by atoms with Crippen molar-refractivity contribution in [2.24, 2.45) is 0 Å². The van der Waals surface area contributed by atoms with E-state index in [9.17, 15) is 14.4 Å². The van der Waals surface area contributed by atoms with Crippen molar-refractivity contribution in [2.75, 3.05) is 16.8 Å². The van der Waals surface area contributed by atoms with E-state index in [0.717, 1.165) is 6.08 Å². The molecule has 1 aliphatic heterocycles. The van der Waals surface area contributed by atoms with Crippen LogP contribution in [0.15, 0.2) is 109 Å². The molecule has 8 heteroatoms. The fourth-order valence-corrected chi connectivity index (χ4v) is 5.19. The van der Waals surface area contributed by atoms with Crippen LogP contribution in [0.3, 0.4) is 0 Å². The van der Waals surface area contributed by atoms with Crippen LogP contribution in [0.5, 0.6) is 0 Å². The van der Waals surface area contributed by atoms with E-state index in [0.29, 0.717) is 16.8 Å². The van der Waals surface area contributed by atoms with Crippen LogP contribution in [0.4, 0.5) is 20.2 Å². The van der Waals surface area contributed by atoms with Crippen LogP contribution in [-0.2, 0) is 4.79 Å². The second-order valence-corrected chi connectivity index (χ2v) is 10.6. The summed E-state index contributed by atoms with van der Waals surface area (Å²) < 4.78 is 31.3. The number of allylic oxidation sites excluding steroid dienone is 1. The van der Waals surface area contributed by atoms with Crippen molar-refractivity contribution in [3.05, 3.63) is 126 Å². The number of nitrogens with zero attached hydrogens (tertiary/aromatic N) is 1. The number of hydrogen-bond donors (Lipinski definition) is 2. The van der Waals surface area contributed by atoms with Crippen molar-refractivity contribution < 1.29 is 23.2 Å². The number of fused-ring (bicyclic) bond motifs is 1. The standard InChI is InChI=1S/C35H31F2N3O3/c1-23(2)38-31(41)22-29-26-16-9-10-19-30(26)40(21-20-35(29,36)37)34(43)28-18-11-17-27(32(28)24-12-5-3-6-13-24)33(42)39-25-14-7-4-8-15-25/h3-19,22-23H,20-21H2,1-2H3,(H,38,41)(H,39,42). The summed E-state index contributed by atoms with van der Waals surface area (Å²) in [5.41, 5.74) is 1.97. The van der Waals surface area contributed by atoms with Crippen LogP contribution in [0.2, 0.25) is 0 Å². The number of carbonyl (C=O) groups is 3. The molecule has 0 aromatic heterocycles. The lowest BCUT2D eigenvalue weighted by Crippen LogP contribution is -2.34. The zero-order chi connectivity index (χ0) is 30.6. The molecule has 2 N–H and O–H groups in total. The monoisotopic (exact) mass is 579 g/mol. The number of amides is 3. The highest BCUT2D eigenvalue weighted by molar-refractivity contribution is 6.17. The van der Waals surface area contributed by atoms with Crippen LogP contribution >= 0.6 is 0 Å². The third-order valence-corrected chi connectivity index (χ3v) is 7.11. The molecule has 1 heterocycles. The number of anilines is 2. The minimum absolute atomic E-state index is 0.0940. The van der Waals surface area contributed by atoms with E-state index in [2.05, 4.69) is 10.6 Å². The number of carbonyl (C=O) groups excluding carboxylic acids is 3. The molecular weight excluding hydrogens is 548 g/mol. The number of benzene rings is 4. The number of hydrogen-bond acceptors (Lipinski definition) is 3. The number of halogens is 2. The molecule has 0 aliphatic carbocycles. The van der Waals surface area contributed by atoms with Crippen LogP contribution in [0.25, 0.3) is 16.7 Å². The highest BCUT2D eigenvalue weighted by Gasteiger charge is 2.41. The second-order valence-electron chi connectivity index (χ2n) is 10.6.